The highest BCUT2D eigenvalue weighted by Crippen LogP contribution is 2.10. The van der Waals surface area contributed by atoms with Crippen LogP contribution in [-0.2, 0) is 11.3 Å². The van der Waals surface area contributed by atoms with E-state index in [1.807, 2.05) is 17.0 Å². The maximum atomic E-state index is 12.3. The Morgan fingerprint density at radius 2 is 1.88 bits per heavy atom. The van der Waals surface area contributed by atoms with Gasteiger partial charge in [-0.3, -0.25) is 14.6 Å². The van der Waals surface area contributed by atoms with Crippen LogP contribution >= 0.6 is 0 Å². The Hall–Kier alpha value is -3.03. The molecule has 0 bridgehead atoms. The first-order valence-corrected chi connectivity index (χ1v) is 7.71. The van der Waals surface area contributed by atoms with Gasteiger partial charge in [-0.1, -0.05) is 0 Å². The quantitative estimate of drug-likeness (QED) is 0.783. The van der Waals surface area contributed by atoms with Gasteiger partial charge in [0.15, 0.2) is 0 Å². The SMILES string of the molecule is O=CN1CCN(c2nccc(C(=O)NCc3ccncc3)n2)CC1. The fourth-order valence-electron chi connectivity index (χ4n) is 2.43. The van der Waals surface area contributed by atoms with E-state index in [0.29, 0.717) is 44.4 Å². The Kier molecular flexibility index (Phi) is 4.95. The van der Waals surface area contributed by atoms with E-state index < -0.39 is 0 Å². The van der Waals surface area contributed by atoms with E-state index in [9.17, 15) is 9.59 Å². The van der Waals surface area contributed by atoms with Gasteiger partial charge in [0.05, 0.1) is 0 Å². The second kappa shape index (κ2) is 7.49. The van der Waals surface area contributed by atoms with Crippen LogP contribution in [0.25, 0.3) is 0 Å². The zero-order chi connectivity index (χ0) is 16.8. The molecular formula is C16H18N6O2. The average molecular weight is 326 g/mol. The van der Waals surface area contributed by atoms with E-state index in [1.54, 1.807) is 29.6 Å². The molecule has 1 aliphatic rings. The predicted molar refractivity (Wildman–Crippen MR) is 87.3 cm³/mol. The van der Waals surface area contributed by atoms with Gasteiger partial charge >= 0.3 is 0 Å². The smallest absolute Gasteiger partial charge is 0.270 e. The molecule has 2 aromatic rings. The molecule has 3 rings (SSSR count). The van der Waals surface area contributed by atoms with Gasteiger partial charge in [0.1, 0.15) is 5.69 Å². The van der Waals surface area contributed by atoms with E-state index in [0.717, 1.165) is 12.0 Å². The number of amides is 2. The highest BCUT2D eigenvalue weighted by atomic mass is 16.2. The van der Waals surface area contributed by atoms with Crippen LogP contribution < -0.4 is 10.2 Å². The molecule has 0 spiro atoms. The molecule has 24 heavy (non-hydrogen) atoms. The third-order valence-electron chi connectivity index (χ3n) is 3.82. The van der Waals surface area contributed by atoms with Gasteiger partial charge in [0.25, 0.3) is 5.91 Å². The molecule has 0 unspecified atom stereocenters. The summed E-state index contributed by atoms with van der Waals surface area (Å²) in [7, 11) is 0. The Morgan fingerprint density at radius 3 is 2.58 bits per heavy atom. The number of nitrogens with one attached hydrogen (secondary N) is 1. The van der Waals surface area contributed by atoms with Gasteiger partial charge < -0.3 is 15.1 Å². The lowest BCUT2D eigenvalue weighted by Gasteiger charge is -2.32. The van der Waals surface area contributed by atoms with Gasteiger partial charge in [-0.2, -0.15) is 0 Å². The van der Waals surface area contributed by atoms with Crippen LogP contribution in [-0.4, -0.2) is 58.3 Å². The summed E-state index contributed by atoms with van der Waals surface area (Å²) in [6, 6.07) is 5.28. The van der Waals surface area contributed by atoms with Crippen molar-refractivity contribution < 1.29 is 9.59 Å². The number of rotatable bonds is 5. The Labute approximate surface area is 139 Å². The Bertz CT molecular complexity index is 701. The van der Waals surface area contributed by atoms with Gasteiger partial charge in [-0.25, -0.2) is 9.97 Å². The van der Waals surface area contributed by atoms with Crippen LogP contribution in [0.5, 0.6) is 0 Å². The number of anilines is 1. The Balaban J connectivity index is 1.62. The van der Waals surface area contributed by atoms with Crippen LogP contribution in [0, 0.1) is 0 Å². The molecule has 1 N–H and O–H groups in total. The van der Waals surface area contributed by atoms with Crippen molar-refractivity contribution in [2.75, 3.05) is 31.1 Å². The minimum Gasteiger partial charge on any atom is -0.347 e. The molecule has 1 aliphatic heterocycles. The lowest BCUT2D eigenvalue weighted by molar-refractivity contribution is -0.118. The molecule has 2 amide bonds. The molecule has 0 aliphatic carbocycles. The molecule has 0 atom stereocenters. The standard InChI is InChI=1S/C16H18N6O2/c23-12-21-7-9-22(10-8-21)16-18-6-3-14(20-16)15(24)19-11-13-1-4-17-5-2-13/h1-6,12H,7-11H2,(H,19,24). The van der Waals surface area contributed by atoms with Gasteiger partial charge in [-0.15, -0.1) is 0 Å². The molecule has 124 valence electrons. The minimum absolute atomic E-state index is 0.248. The molecule has 8 nitrogen and oxygen atoms in total. The van der Waals surface area contributed by atoms with Crippen LogP contribution in [0.4, 0.5) is 5.95 Å². The average Bonchev–Trinajstić information content (AvgIpc) is 2.67. The zero-order valence-corrected chi connectivity index (χ0v) is 13.1. The van der Waals surface area contributed by atoms with E-state index in [-0.39, 0.29) is 5.91 Å². The van der Waals surface area contributed by atoms with Crippen molar-refractivity contribution in [3.05, 3.63) is 48.0 Å². The van der Waals surface area contributed by atoms with Crippen molar-refractivity contribution >= 4 is 18.3 Å². The fourth-order valence-corrected chi connectivity index (χ4v) is 2.43. The molecule has 0 radical (unpaired) electrons. The molecule has 2 aromatic heterocycles. The molecule has 1 fully saturated rings. The first-order valence-electron chi connectivity index (χ1n) is 7.71. The second-order valence-corrected chi connectivity index (χ2v) is 5.41. The number of carbonyl (C=O) groups is 2. The van der Waals surface area contributed by atoms with Crippen molar-refractivity contribution in [1.82, 2.24) is 25.2 Å². The predicted octanol–water partition coefficient (Wildman–Crippen LogP) is 0.0800. The summed E-state index contributed by atoms with van der Waals surface area (Å²) in [4.78, 5) is 39.2. The summed E-state index contributed by atoms with van der Waals surface area (Å²) in [5, 5.41) is 2.83. The van der Waals surface area contributed by atoms with Gasteiger partial charge in [-0.05, 0) is 23.8 Å². The normalized spacial score (nSPS) is 14.3. The molecule has 0 saturated carbocycles. The van der Waals surface area contributed by atoms with Crippen LogP contribution in [0.3, 0.4) is 0 Å². The lowest BCUT2D eigenvalue weighted by atomic mass is 10.2. The number of pyridine rings is 1. The van der Waals surface area contributed by atoms with Gasteiger partial charge in [0, 0.05) is 51.3 Å². The molecule has 8 heteroatoms. The number of carbonyl (C=O) groups excluding carboxylic acids is 2. The summed E-state index contributed by atoms with van der Waals surface area (Å²) < 4.78 is 0. The lowest BCUT2D eigenvalue weighted by Crippen LogP contribution is -2.46. The van der Waals surface area contributed by atoms with Gasteiger partial charge in [0.2, 0.25) is 12.4 Å². The van der Waals surface area contributed by atoms with E-state index in [1.165, 1.54) is 0 Å². The molecular weight excluding hydrogens is 308 g/mol. The second-order valence-electron chi connectivity index (χ2n) is 5.41. The Morgan fingerprint density at radius 1 is 1.12 bits per heavy atom. The monoisotopic (exact) mass is 326 g/mol. The third-order valence-corrected chi connectivity index (χ3v) is 3.82. The van der Waals surface area contributed by atoms with Crippen molar-refractivity contribution in [1.29, 1.82) is 0 Å². The molecule has 3 heterocycles. The van der Waals surface area contributed by atoms with Crippen LogP contribution in [0.15, 0.2) is 36.8 Å². The third kappa shape index (κ3) is 3.83. The van der Waals surface area contributed by atoms with E-state index >= 15 is 0 Å². The number of hydrogen-bond acceptors (Lipinski definition) is 6. The summed E-state index contributed by atoms with van der Waals surface area (Å²) in [5.41, 5.74) is 1.30. The summed E-state index contributed by atoms with van der Waals surface area (Å²) in [5.74, 6) is 0.263. The first kappa shape index (κ1) is 15.9. The fraction of sp³-hybridized carbons (Fsp3) is 0.312. The topological polar surface area (TPSA) is 91.3 Å². The van der Waals surface area contributed by atoms with Crippen molar-refractivity contribution in [3.63, 3.8) is 0 Å². The first-order chi connectivity index (χ1) is 11.8. The summed E-state index contributed by atoms with van der Waals surface area (Å²) >= 11 is 0. The minimum atomic E-state index is -0.248. The number of aromatic nitrogens is 3. The maximum absolute atomic E-state index is 12.3. The number of nitrogens with zero attached hydrogens (tertiary/aromatic N) is 5. The maximum Gasteiger partial charge on any atom is 0.270 e. The zero-order valence-electron chi connectivity index (χ0n) is 13.1. The highest BCUT2D eigenvalue weighted by Gasteiger charge is 2.19. The molecule has 0 aromatic carbocycles. The van der Waals surface area contributed by atoms with E-state index in [4.69, 9.17) is 0 Å². The largest absolute Gasteiger partial charge is 0.347 e. The van der Waals surface area contributed by atoms with Crippen molar-refractivity contribution in [3.8, 4) is 0 Å². The highest BCUT2D eigenvalue weighted by molar-refractivity contribution is 5.92. The number of piperazine rings is 1. The van der Waals surface area contributed by atoms with Crippen LogP contribution in [0.1, 0.15) is 16.1 Å². The van der Waals surface area contributed by atoms with E-state index in [2.05, 4.69) is 20.3 Å². The summed E-state index contributed by atoms with van der Waals surface area (Å²) in [6.45, 7) is 2.98. The number of hydrogen-bond donors (Lipinski definition) is 1. The molecule has 1 saturated heterocycles. The summed E-state index contributed by atoms with van der Waals surface area (Å²) in [6.07, 6.45) is 5.80. The van der Waals surface area contributed by atoms with Crippen molar-refractivity contribution in [2.45, 2.75) is 6.54 Å². The van der Waals surface area contributed by atoms with Crippen molar-refractivity contribution in [2.24, 2.45) is 0 Å². The van der Waals surface area contributed by atoms with Crippen LogP contribution in [0.2, 0.25) is 0 Å².